The number of sulfonamides is 1. The highest BCUT2D eigenvalue weighted by Crippen LogP contribution is 2.57. The number of carbonyl (C=O) groups is 3. The Balaban J connectivity index is 1.41. The number of esters is 1. The summed E-state index contributed by atoms with van der Waals surface area (Å²) in [7, 11) is -2.92. The number of para-hydroxylation sites is 1. The number of ether oxygens (including phenoxy) is 1. The van der Waals surface area contributed by atoms with Crippen LogP contribution in [-0.2, 0) is 29.9 Å². The number of fused-ring (bicyclic) bond motifs is 4. The quantitative estimate of drug-likeness (QED) is 0.577. The summed E-state index contributed by atoms with van der Waals surface area (Å²) in [5.41, 5.74) is 0.417. The summed E-state index contributed by atoms with van der Waals surface area (Å²) < 4.78 is 33.9. The van der Waals surface area contributed by atoms with E-state index < -0.39 is 27.4 Å². The average molecular weight is 553 g/mol. The number of rotatable bonds is 3. The van der Waals surface area contributed by atoms with E-state index in [1.54, 1.807) is 17.0 Å². The average Bonchev–Trinajstić information content (AvgIpc) is 3.60. The molecule has 0 saturated carbocycles. The molecule has 2 amide bonds. The molecule has 4 aliphatic heterocycles. The van der Waals surface area contributed by atoms with Gasteiger partial charge < -0.3 is 15.0 Å². The third kappa shape index (κ3) is 3.81. The van der Waals surface area contributed by atoms with Crippen molar-refractivity contribution in [3.05, 3.63) is 59.7 Å². The van der Waals surface area contributed by atoms with Gasteiger partial charge in [-0.1, -0.05) is 30.3 Å². The van der Waals surface area contributed by atoms with Gasteiger partial charge in [-0.25, -0.2) is 13.2 Å². The monoisotopic (exact) mass is 552 g/mol. The van der Waals surface area contributed by atoms with Crippen LogP contribution < -0.4 is 10.2 Å². The molecule has 10 nitrogen and oxygen atoms in total. The van der Waals surface area contributed by atoms with Gasteiger partial charge in [0.1, 0.15) is 5.54 Å². The molecule has 4 heterocycles. The van der Waals surface area contributed by atoms with E-state index in [4.69, 9.17) is 4.74 Å². The van der Waals surface area contributed by atoms with Gasteiger partial charge in [0.15, 0.2) is 0 Å². The number of benzene rings is 2. The summed E-state index contributed by atoms with van der Waals surface area (Å²) in [5.74, 6) is -1.58. The fourth-order valence-electron chi connectivity index (χ4n) is 7.05. The standard InChI is InChI=1S/C28H32N4O6S/c1-38-26(34)20-9-2-5-12-24(20)39(36,37)30-14-7-13-29-25(33)22-18-19-8-6-15-32(19)28(22)21-10-3-4-11-23(21)31(17-16-30)27(28)35/h2-5,9-12,19,22H,6-8,13-18H2,1H3,(H,29,33)/t19-,22-,28+/m0/s1. The third-order valence-electron chi connectivity index (χ3n) is 8.70. The van der Waals surface area contributed by atoms with E-state index in [1.165, 1.54) is 23.5 Å². The van der Waals surface area contributed by atoms with Crippen LogP contribution in [0.3, 0.4) is 0 Å². The van der Waals surface area contributed by atoms with Crippen LogP contribution in [0.15, 0.2) is 53.4 Å². The van der Waals surface area contributed by atoms with Crippen molar-refractivity contribution in [2.24, 2.45) is 5.92 Å². The van der Waals surface area contributed by atoms with E-state index in [2.05, 4.69) is 10.2 Å². The van der Waals surface area contributed by atoms with E-state index in [-0.39, 0.29) is 54.5 Å². The molecule has 11 heteroatoms. The van der Waals surface area contributed by atoms with Crippen LogP contribution in [0.5, 0.6) is 0 Å². The predicted molar refractivity (Wildman–Crippen MR) is 142 cm³/mol. The zero-order valence-electron chi connectivity index (χ0n) is 21.8. The maximum atomic E-state index is 14.5. The Kier molecular flexibility index (Phi) is 6.47. The molecule has 39 heavy (non-hydrogen) atoms. The molecular weight excluding hydrogens is 520 g/mol. The van der Waals surface area contributed by atoms with Gasteiger partial charge in [0.25, 0.3) is 5.91 Å². The SMILES string of the molecule is COC(=O)c1ccccc1S(=O)(=O)N1CCCNC(=O)[C@@H]2C[C@@H]3CCCN3[C@@]23C(=O)N(CC1)c1ccccc13. The highest BCUT2D eigenvalue weighted by molar-refractivity contribution is 7.89. The van der Waals surface area contributed by atoms with E-state index in [0.29, 0.717) is 12.8 Å². The van der Waals surface area contributed by atoms with Gasteiger partial charge in [-0.05, 0) is 50.4 Å². The number of hydrogen-bond donors (Lipinski definition) is 1. The molecule has 4 aliphatic rings. The fourth-order valence-corrected chi connectivity index (χ4v) is 8.70. The molecule has 0 aliphatic carbocycles. The maximum absolute atomic E-state index is 14.5. The molecule has 3 fully saturated rings. The van der Waals surface area contributed by atoms with Crippen LogP contribution in [0.4, 0.5) is 5.69 Å². The predicted octanol–water partition coefficient (Wildman–Crippen LogP) is 1.71. The Morgan fingerprint density at radius 2 is 1.77 bits per heavy atom. The Bertz CT molecular complexity index is 1450. The van der Waals surface area contributed by atoms with Crippen LogP contribution in [-0.4, -0.2) is 81.3 Å². The number of carbonyl (C=O) groups excluding carboxylic acids is 3. The van der Waals surface area contributed by atoms with Crippen LogP contribution in [0.1, 0.15) is 41.6 Å². The van der Waals surface area contributed by atoms with E-state index >= 15 is 0 Å². The number of methoxy groups -OCH3 is 1. The summed E-state index contributed by atoms with van der Waals surface area (Å²) in [4.78, 5) is 44.2. The van der Waals surface area contributed by atoms with Gasteiger partial charge in [-0.3, -0.25) is 14.5 Å². The summed E-state index contributed by atoms with van der Waals surface area (Å²) >= 11 is 0. The smallest absolute Gasteiger partial charge is 0.339 e. The minimum atomic E-state index is -4.12. The normalized spacial score (nSPS) is 27.7. The lowest BCUT2D eigenvalue weighted by atomic mass is 9.78. The lowest BCUT2D eigenvalue weighted by Gasteiger charge is -2.37. The summed E-state index contributed by atoms with van der Waals surface area (Å²) in [5, 5.41) is 3.01. The Hall–Kier alpha value is -3.28. The second kappa shape index (κ2) is 9.72. The highest BCUT2D eigenvalue weighted by atomic mass is 32.2. The molecule has 0 radical (unpaired) electrons. The maximum Gasteiger partial charge on any atom is 0.339 e. The van der Waals surface area contributed by atoms with Gasteiger partial charge >= 0.3 is 5.97 Å². The third-order valence-corrected chi connectivity index (χ3v) is 10.7. The van der Waals surface area contributed by atoms with E-state index in [9.17, 15) is 22.8 Å². The van der Waals surface area contributed by atoms with Crippen molar-refractivity contribution in [3.8, 4) is 0 Å². The molecule has 3 saturated heterocycles. The second-order valence-electron chi connectivity index (χ2n) is 10.6. The molecular formula is C28H32N4O6S. The molecule has 206 valence electrons. The number of nitrogens with one attached hydrogen (secondary N) is 1. The first-order chi connectivity index (χ1) is 18.8. The second-order valence-corrected chi connectivity index (χ2v) is 12.5. The van der Waals surface area contributed by atoms with Crippen LogP contribution in [0.2, 0.25) is 0 Å². The van der Waals surface area contributed by atoms with Gasteiger partial charge in [-0.2, -0.15) is 4.31 Å². The largest absolute Gasteiger partial charge is 0.465 e. The molecule has 0 aromatic heterocycles. The number of hydrogen-bond acceptors (Lipinski definition) is 7. The number of amides is 2. The first-order valence-corrected chi connectivity index (χ1v) is 14.9. The number of anilines is 1. The van der Waals surface area contributed by atoms with Gasteiger partial charge in [-0.15, -0.1) is 0 Å². The Labute approximate surface area is 227 Å². The van der Waals surface area contributed by atoms with Gasteiger partial charge in [0, 0.05) is 43.5 Å². The summed E-state index contributed by atoms with van der Waals surface area (Å²) in [6.07, 6.45) is 2.94. The van der Waals surface area contributed by atoms with Crippen molar-refractivity contribution in [2.75, 3.05) is 44.7 Å². The molecule has 1 N–H and O–H groups in total. The van der Waals surface area contributed by atoms with Crippen molar-refractivity contribution >= 4 is 33.5 Å². The molecule has 1 spiro atoms. The lowest BCUT2D eigenvalue weighted by Crippen LogP contribution is -2.57. The van der Waals surface area contributed by atoms with E-state index in [0.717, 1.165) is 30.6 Å². The zero-order chi connectivity index (χ0) is 27.4. The lowest BCUT2D eigenvalue weighted by molar-refractivity contribution is -0.138. The van der Waals surface area contributed by atoms with E-state index in [1.807, 2.05) is 24.3 Å². The van der Waals surface area contributed by atoms with Gasteiger partial charge in [0.05, 0.1) is 23.5 Å². The first kappa shape index (κ1) is 26.0. The van der Waals surface area contributed by atoms with Crippen LogP contribution >= 0.6 is 0 Å². The molecule has 2 bridgehead atoms. The summed E-state index contributed by atoms with van der Waals surface area (Å²) in [6, 6.07) is 13.7. The molecule has 2 aromatic rings. The number of nitrogens with zero attached hydrogens (tertiary/aromatic N) is 3. The van der Waals surface area contributed by atoms with Crippen molar-refractivity contribution in [3.63, 3.8) is 0 Å². The van der Waals surface area contributed by atoms with Crippen LogP contribution in [0, 0.1) is 5.92 Å². The molecule has 2 aromatic carbocycles. The summed E-state index contributed by atoms with van der Waals surface area (Å²) in [6.45, 7) is 1.31. The minimum absolute atomic E-state index is 0.0377. The Morgan fingerprint density at radius 3 is 2.59 bits per heavy atom. The van der Waals surface area contributed by atoms with Gasteiger partial charge in [0.2, 0.25) is 15.9 Å². The Morgan fingerprint density at radius 1 is 1.00 bits per heavy atom. The molecule has 0 unspecified atom stereocenters. The van der Waals surface area contributed by atoms with Crippen molar-refractivity contribution in [1.82, 2.24) is 14.5 Å². The topological polar surface area (TPSA) is 116 Å². The van der Waals surface area contributed by atoms with Crippen LogP contribution in [0.25, 0.3) is 0 Å². The van der Waals surface area contributed by atoms with Crippen molar-refractivity contribution in [1.29, 1.82) is 0 Å². The first-order valence-electron chi connectivity index (χ1n) is 13.4. The van der Waals surface area contributed by atoms with Crippen molar-refractivity contribution in [2.45, 2.75) is 42.2 Å². The fraction of sp³-hybridized carbons (Fsp3) is 0.464. The minimum Gasteiger partial charge on any atom is -0.465 e. The van der Waals surface area contributed by atoms with Crippen molar-refractivity contribution < 1.29 is 27.5 Å². The highest BCUT2D eigenvalue weighted by Gasteiger charge is 2.67. The molecule has 3 atom stereocenters. The zero-order valence-corrected chi connectivity index (χ0v) is 22.7. The molecule has 6 rings (SSSR count).